The summed E-state index contributed by atoms with van der Waals surface area (Å²) in [5, 5.41) is 0. The van der Waals surface area contributed by atoms with Gasteiger partial charge >= 0.3 is 6.18 Å². The molecule has 0 aliphatic rings. The quantitative estimate of drug-likeness (QED) is 0.718. The fourth-order valence-electron chi connectivity index (χ4n) is 1.93. The maximum absolute atomic E-state index is 13.1. The third-order valence-corrected chi connectivity index (χ3v) is 2.77. The van der Waals surface area contributed by atoms with Crippen LogP contribution in [-0.4, -0.2) is 19.9 Å². The van der Waals surface area contributed by atoms with Crippen molar-refractivity contribution in [1.29, 1.82) is 0 Å². The smallest absolute Gasteiger partial charge is 0.345 e. The van der Waals surface area contributed by atoms with E-state index in [4.69, 9.17) is 0 Å². The second-order valence-electron chi connectivity index (χ2n) is 4.10. The Kier molecular flexibility index (Phi) is 2.60. The van der Waals surface area contributed by atoms with Gasteiger partial charge in [-0.3, -0.25) is 4.79 Å². The molecule has 0 amide bonds. The molecule has 8 heteroatoms. The molecular weight excluding hydrogens is 273 g/mol. The molecule has 1 aromatic carbocycles. The van der Waals surface area contributed by atoms with E-state index in [0.29, 0.717) is 0 Å². The lowest BCUT2D eigenvalue weighted by molar-refractivity contribution is -0.137. The summed E-state index contributed by atoms with van der Waals surface area (Å²) in [5.74, 6) is 0.0900. The normalized spacial score (nSPS) is 11.9. The molecule has 3 aromatic rings. The summed E-state index contributed by atoms with van der Waals surface area (Å²) in [6.07, 6.45) is -0.759. The molecule has 0 atom stereocenters. The molecule has 0 saturated carbocycles. The molecule has 2 heterocycles. The maximum Gasteiger partial charge on any atom is 0.417 e. The van der Waals surface area contributed by atoms with Gasteiger partial charge in [-0.15, -0.1) is 0 Å². The van der Waals surface area contributed by atoms with E-state index in [1.165, 1.54) is 18.5 Å². The Labute approximate surface area is 109 Å². The van der Waals surface area contributed by atoms with E-state index in [2.05, 4.69) is 19.9 Å². The molecule has 0 aliphatic carbocycles. The van der Waals surface area contributed by atoms with E-state index in [-0.39, 0.29) is 22.4 Å². The number of fused-ring (bicyclic) bond motifs is 1. The third kappa shape index (κ3) is 2.04. The van der Waals surface area contributed by atoms with Crippen molar-refractivity contribution in [3.63, 3.8) is 0 Å². The van der Waals surface area contributed by atoms with Crippen molar-refractivity contribution in [3.05, 3.63) is 46.6 Å². The zero-order chi connectivity index (χ0) is 14.3. The number of imidazole rings is 1. The van der Waals surface area contributed by atoms with Crippen LogP contribution in [-0.2, 0) is 6.18 Å². The van der Waals surface area contributed by atoms with Crippen LogP contribution in [0.5, 0.6) is 0 Å². The van der Waals surface area contributed by atoms with Crippen LogP contribution in [0.15, 0.2) is 35.5 Å². The number of rotatable bonds is 1. The predicted octanol–water partition coefficient (Wildman–Crippen LogP) is 2.33. The number of hydrogen-bond acceptors (Lipinski definition) is 3. The molecule has 20 heavy (non-hydrogen) atoms. The molecule has 2 N–H and O–H groups in total. The summed E-state index contributed by atoms with van der Waals surface area (Å²) in [5.41, 5.74) is -1.28. The lowest BCUT2D eigenvalue weighted by Crippen LogP contribution is -2.10. The van der Waals surface area contributed by atoms with Gasteiger partial charge in [-0.05, 0) is 12.1 Å². The Morgan fingerprint density at radius 3 is 2.60 bits per heavy atom. The highest BCUT2D eigenvalue weighted by atomic mass is 19.4. The van der Waals surface area contributed by atoms with Gasteiger partial charge in [0.05, 0.1) is 22.8 Å². The monoisotopic (exact) mass is 280 g/mol. The average molecular weight is 280 g/mol. The molecule has 0 radical (unpaired) electrons. The molecule has 0 saturated heterocycles. The van der Waals surface area contributed by atoms with Gasteiger partial charge in [0.15, 0.2) is 0 Å². The number of halogens is 3. The molecule has 0 unspecified atom stereocenters. The Hall–Kier alpha value is -2.64. The van der Waals surface area contributed by atoms with Gasteiger partial charge in [0.25, 0.3) is 5.56 Å². The average Bonchev–Trinajstić information content (AvgIpc) is 2.90. The van der Waals surface area contributed by atoms with Gasteiger partial charge < -0.3 is 9.97 Å². The van der Waals surface area contributed by atoms with Crippen LogP contribution in [0.25, 0.3) is 22.4 Å². The van der Waals surface area contributed by atoms with Crippen LogP contribution >= 0.6 is 0 Å². The Balaban J connectivity index is 2.37. The fourth-order valence-corrected chi connectivity index (χ4v) is 1.93. The number of aromatic amines is 2. The minimum absolute atomic E-state index is 0.0279. The highest BCUT2D eigenvalue weighted by Gasteiger charge is 2.35. The van der Waals surface area contributed by atoms with E-state index >= 15 is 0 Å². The lowest BCUT2D eigenvalue weighted by Gasteiger charge is -2.12. The number of nitrogens with one attached hydrogen (secondary N) is 2. The summed E-state index contributed by atoms with van der Waals surface area (Å²) in [6, 6.07) is 2.11. The van der Waals surface area contributed by atoms with Gasteiger partial charge in [-0.1, -0.05) is 0 Å². The van der Waals surface area contributed by atoms with Crippen molar-refractivity contribution < 1.29 is 13.2 Å². The fraction of sp³-hybridized carbons (Fsp3) is 0.0833. The largest absolute Gasteiger partial charge is 0.417 e. The first kappa shape index (κ1) is 12.4. The predicted molar refractivity (Wildman–Crippen MR) is 64.9 cm³/mol. The van der Waals surface area contributed by atoms with Crippen LogP contribution < -0.4 is 5.56 Å². The molecule has 5 nitrogen and oxygen atoms in total. The third-order valence-electron chi connectivity index (χ3n) is 2.77. The summed E-state index contributed by atoms with van der Waals surface area (Å²) >= 11 is 0. The summed E-state index contributed by atoms with van der Waals surface area (Å²) < 4.78 is 39.3. The van der Waals surface area contributed by atoms with E-state index < -0.39 is 17.3 Å². The van der Waals surface area contributed by atoms with Crippen molar-refractivity contribution in [2.24, 2.45) is 0 Å². The first-order valence-corrected chi connectivity index (χ1v) is 5.55. The summed E-state index contributed by atoms with van der Waals surface area (Å²) in [7, 11) is 0. The van der Waals surface area contributed by atoms with E-state index in [1.54, 1.807) is 0 Å². The van der Waals surface area contributed by atoms with Crippen LogP contribution in [0.1, 0.15) is 5.56 Å². The van der Waals surface area contributed by atoms with Gasteiger partial charge in [0.1, 0.15) is 5.82 Å². The standard InChI is InChI=1S/C12H7F3N4O/c13-12(14,15)7-4-9-8(18-5-10(20)19-9)3-6(7)11-16-1-2-17-11/h1-5H,(H,16,17)(H,19,20). The second-order valence-corrected chi connectivity index (χ2v) is 4.10. The molecule has 0 bridgehead atoms. The first-order valence-electron chi connectivity index (χ1n) is 5.55. The van der Waals surface area contributed by atoms with E-state index in [9.17, 15) is 18.0 Å². The number of H-pyrrole nitrogens is 2. The number of nitrogens with zero attached hydrogens (tertiary/aromatic N) is 2. The topological polar surface area (TPSA) is 74.4 Å². The molecule has 3 rings (SSSR count). The number of alkyl halides is 3. The van der Waals surface area contributed by atoms with Crippen LogP contribution in [0.3, 0.4) is 0 Å². The highest BCUT2D eigenvalue weighted by Crippen LogP contribution is 2.37. The zero-order valence-corrected chi connectivity index (χ0v) is 9.82. The maximum atomic E-state index is 13.1. The molecule has 2 aromatic heterocycles. The SMILES string of the molecule is O=c1cnc2cc(-c3ncc[nH]3)c(C(F)(F)F)cc2[nH]1. The summed E-state index contributed by atoms with van der Waals surface area (Å²) in [6.45, 7) is 0. The molecular formula is C12H7F3N4O. The Morgan fingerprint density at radius 1 is 1.15 bits per heavy atom. The number of benzene rings is 1. The molecule has 0 fully saturated rings. The highest BCUT2D eigenvalue weighted by molar-refractivity contribution is 5.82. The van der Waals surface area contributed by atoms with Gasteiger partial charge in [0.2, 0.25) is 0 Å². The van der Waals surface area contributed by atoms with Crippen LogP contribution in [0.2, 0.25) is 0 Å². The van der Waals surface area contributed by atoms with E-state index in [1.807, 2.05) is 0 Å². The van der Waals surface area contributed by atoms with E-state index in [0.717, 1.165) is 12.3 Å². The van der Waals surface area contributed by atoms with Crippen molar-refractivity contribution >= 4 is 11.0 Å². The van der Waals surface area contributed by atoms with Crippen molar-refractivity contribution in [2.75, 3.05) is 0 Å². The van der Waals surface area contributed by atoms with Gasteiger partial charge in [-0.2, -0.15) is 13.2 Å². The van der Waals surface area contributed by atoms with Crippen molar-refractivity contribution in [2.45, 2.75) is 6.18 Å². The van der Waals surface area contributed by atoms with Crippen molar-refractivity contribution in [3.8, 4) is 11.4 Å². The minimum Gasteiger partial charge on any atom is -0.345 e. The minimum atomic E-state index is -4.57. The number of aromatic nitrogens is 4. The van der Waals surface area contributed by atoms with Gasteiger partial charge in [0, 0.05) is 18.0 Å². The second kappa shape index (κ2) is 4.19. The van der Waals surface area contributed by atoms with Crippen molar-refractivity contribution in [1.82, 2.24) is 19.9 Å². The molecule has 0 aliphatic heterocycles. The van der Waals surface area contributed by atoms with Gasteiger partial charge in [-0.25, -0.2) is 9.97 Å². The van der Waals surface area contributed by atoms with Crippen LogP contribution in [0, 0.1) is 0 Å². The number of hydrogen-bond donors (Lipinski definition) is 2. The van der Waals surface area contributed by atoms with Crippen LogP contribution in [0.4, 0.5) is 13.2 Å². The Morgan fingerprint density at radius 2 is 1.95 bits per heavy atom. The Bertz CT molecular complexity index is 821. The summed E-state index contributed by atoms with van der Waals surface area (Å²) in [4.78, 5) is 23.7. The zero-order valence-electron chi connectivity index (χ0n) is 9.82. The lowest BCUT2D eigenvalue weighted by atomic mass is 10.0. The molecule has 102 valence electrons. The molecule has 0 spiro atoms. The first-order chi connectivity index (χ1) is 9.45.